The minimum Gasteiger partial charge on any atom is -0.354 e. The molecule has 1 unspecified atom stereocenters. The molecule has 1 atom stereocenters. The average Bonchev–Trinajstić information content (AvgIpc) is 2.89. The van der Waals surface area contributed by atoms with E-state index in [1.807, 2.05) is 0 Å². The molecule has 2 rings (SSSR count). The molecule has 1 aliphatic carbocycles. The standard InChI is InChI=1S/C14H26N2O/c1-2-11-5-7-12(8-6-11)14(17)16-10-13-4-3-9-15-13/h11-13,15H,2-10H2,1H3,(H,16,17). The molecule has 2 fully saturated rings. The van der Waals surface area contributed by atoms with E-state index in [9.17, 15) is 4.79 Å². The van der Waals surface area contributed by atoms with E-state index in [0.29, 0.717) is 17.9 Å². The molecule has 1 saturated carbocycles. The van der Waals surface area contributed by atoms with Gasteiger partial charge in [0.25, 0.3) is 0 Å². The Labute approximate surface area is 105 Å². The number of rotatable bonds is 4. The maximum absolute atomic E-state index is 12.0. The Balaban J connectivity index is 1.66. The van der Waals surface area contributed by atoms with E-state index < -0.39 is 0 Å². The fourth-order valence-electron chi connectivity index (χ4n) is 3.13. The summed E-state index contributed by atoms with van der Waals surface area (Å²) in [7, 11) is 0. The molecular weight excluding hydrogens is 212 g/mol. The average molecular weight is 238 g/mol. The lowest BCUT2D eigenvalue weighted by molar-refractivity contribution is -0.126. The van der Waals surface area contributed by atoms with Crippen LogP contribution in [0, 0.1) is 11.8 Å². The van der Waals surface area contributed by atoms with Gasteiger partial charge in [0.05, 0.1) is 0 Å². The second kappa shape index (κ2) is 6.39. The van der Waals surface area contributed by atoms with Crippen LogP contribution < -0.4 is 10.6 Å². The zero-order chi connectivity index (χ0) is 12.1. The summed E-state index contributed by atoms with van der Waals surface area (Å²) in [5.74, 6) is 1.46. The Morgan fingerprint density at radius 2 is 2.00 bits per heavy atom. The Morgan fingerprint density at radius 1 is 1.24 bits per heavy atom. The lowest BCUT2D eigenvalue weighted by atomic mass is 9.80. The van der Waals surface area contributed by atoms with Gasteiger partial charge in [-0.3, -0.25) is 4.79 Å². The van der Waals surface area contributed by atoms with Gasteiger partial charge in [0.1, 0.15) is 0 Å². The van der Waals surface area contributed by atoms with Crippen molar-refractivity contribution in [2.24, 2.45) is 11.8 Å². The summed E-state index contributed by atoms with van der Waals surface area (Å²) in [6.07, 6.45) is 8.43. The molecule has 3 nitrogen and oxygen atoms in total. The summed E-state index contributed by atoms with van der Waals surface area (Å²) >= 11 is 0. The summed E-state index contributed by atoms with van der Waals surface area (Å²) < 4.78 is 0. The minimum atomic E-state index is 0.291. The minimum absolute atomic E-state index is 0.291. The first kappa shape index (κ1) is 12.9. The molecular formula is C14H26N2O. The molecule has 0 aromatic heterocycles. The van der Waals surface area contributed by atoms with Gasteiger partial charge in [0, 0.05) is 18.5 Å². The third kappa shape index (κ3) is 3.70. The predicted octanol–water partition coefficient (Wildman–Crippen LogP) is 2.07. The number of nitrogens with one attached hydrogen (secondary N) is 2. The van der Waals surface area contributed by atoms with Crippen LogP contribution in [-0.4, -0.2) is 25.0 Å². The van der Waals surface area contributed by atoms with Gasteiger partial charge in [-0.15, -0.1) is 0 Å². The number of carbonyl (C=O) groups excluding carboxylic acids is 1. The number of hydrogen-bond donors (Lipinski definition) is 2. The van der Waals surface area contributed by atoms with Crippen LogP contribution >= 0.6 is 0 Å². The van der Waals surface area contributed by atoms with Crippen LogP contribution in [0.5, 0.6) is 0 Å². The van der Waals surface area contributed by atoms with Crippen LogP contribution in [0.4, 0.5) is 0 Å². The number of carbonyl (C=O) groups is 1. The van der Waals surface area contributed by atoms with Crippen LogP contribution in [0.25, 0.3) is 0 Å². The van der Waals surface area contributed by atoms with E-state index in [4.69, 9.17) is 0 Å². The number of amides is 1. The van der Waals surface area contributed by atoms with Gasteiger partial charge < -0.3 is 10.6 Å². The van der Waals surface area contributed by atoms with E-state index >= 15 is 0 Å². The highest BCUT2D eigenvalue weighted by Gasteiger charge is 2.25. The normalized spacial score (nSPS) is 33.6. The predicted molar refractivity (Wildman–Crippen MR) is 69.8 cm³/mol. The van der Waals surface area contributed by atoms with Crippen molar-refractivity contribution in [2.75, 3.05) is 13.1 Å². The quantitative estimate of drug-likeness (QED) is 0.787. The lowest BCUT2D eigenvalue weighted by Gasteiger charge is -2.27. The Morgan fingerprint density at radius 3 is 2.59 bits per heavy atom. The fraction of sp³-hybridized carbons (Fsp3) is 0.929. The first-order chi connectivity index (χ1) is 8.29. The third-order valence-corrected chi connectivity index (χ3v) is 4.48. The molecule has 1 saturated heterocycles. The van der Waals surface area contributed by atoms with Crippen molar-refractivity contribution < 1.29 is 4.79 Å². The first-order valence-corrected chi connectivity index (χ1v) is 7.30. The molecule has 0 aromatic rings. The van der Waals surface area contributed by atoms with Crippen LogP contribution in [0.1, 0.15) is 51.9 Å². The van der Waals surface area contributed by atoms with Gasteiger partial charge in [0.15, 0.2) is 0 Å². The van der Waals surface area contributed by atoms with E-state index in [0.717, 1.165) is 31.8 Å². The molecule has 17 heavy (non-hydrogen) atoms. The van der Waals surface area contributed by atoms with Gasteiger partial charge in [0.2, 0.25) is 5.91 Å². The highest BCUT2D eigenvalue weighted by molar-refractivity contribution is 5.78. The highest BCUT2D eigenvalue weighted by Crippen LogP contribution is 2.30. The molecule has 98 valence electrons. The van der Waals surface area contributed by atoms with Crippen molar-refractivity contribution in [1.82, 2.24) is 10.6 Å². The highest BCUT2D eigenvalue weighted by atomic mass is 16.1. The second-order valence-electron chi connectivity index (χ2n) is 5.66. The first-order valence-electron chi connectivity index (χ1n) is 7.30. The van der Waals surface area contributed by atoms with Gasteiger partial charge in [-0.05, 0) is 51.0 Å². The molecule has 1 aliphatic heterocycles. The van der Waals surface area contributed by atoms with Gasteiger partial charge in [-0.25, -0.2) is 0 Å². The van der Waals surface area contributed by atoms with E-state index in [1.165, 1.54) is 32.1 Å². The summed E-state index contributed by atoms with van der Waals surface area (Å²) in [6, 6.07) is 0.519. The smallest absolute Gasteiger partial charge is 0.223 e. The van der Waals surface area contributed by atoms with Crippen LogP contribution in [0.3, 0.4) is 0 Å². The van der Waals surface area contributed by atoms with Crippen LogP contribution in [0.15, 0.2) is 0 Å². The lowest BCUT2D eigenvalue weighted by Crippen LogP contribution is -2.40. The molecule has 1 amide bonds. The summed E-state index contributed by atoms with van der Waals surface area (Å²) in [4.78, 5) is 12.0. The Bertz CT molecular complexity index is 241. The van der Waals surface area contributed by atoms with E-state index in [2.05, 4.69) is 17.6 Å². The fourth-order valence-corrected chi connectivity index (χ4v) is 3.13. The molecule has 3 heteroatoms. The maximum atomic E-state index is 12.0. The maximum Gasteiger partial charge on any atom is 0.223 e. The Kier molecular flexibility index (Phi) is 4.84. The van der Waals surface area contributed by atoms with Crippen molar-refractivity contribution in [3.63, 3.8) is 0 Å². The van der Waals surface area contributed by atoms with Crippen molar-refractivity contribution in [1.29, 1.82) is 0 Å². The molecule has 0 spiro atoms. The molecule has 1 heterocycles. The van der Waals surface area contributed by atoms with Crippen LogP contribution in [0.2, 0.25) is 0 Å². The van der Waals surface area contributed by atoms with Crippen LogP contribution in [-0.2, 0) is 4.79 Å². The topological polar surface area (TPSA) is 41.1 Å². The third-order valence-electron chi connectivity index (χ3n) is 4.48. The van der Waals surface area contributed by atoms with Gasteiger partial charge in [-0.2, -0.15) is 0 Å². The van der Waals surface area contributed by atoms with Gasteiger partial charge >= 0.3 is 0 Å². The monoisotopic (exact) mass is 238 g/mol. The second-order valence-corrected chi connectivity index (χ2v) is 5.66. The van der Waals surface area contributed by atoms with Crippen molar-refractivity contribution in [3.8, 4) is 0 Å². The molecule has 0 radical (unpaired) electrons. The molecule has 0 aromatic carbocycles. The molecule has 2 aliphatic rings. The van der Waals surface area contributed by atoms with Crippen molar-refractivity contribution in [3.05, 3.63) is 0 Å². The molecule has 0 bridgehead atoms. The van der Waals surface area contributed by atoms with E-state index in [-0.39, 0.29) is 0 Å². The summed E-state index contributed by atoms with van der Waals surface area (Å²) in [6.45, 7) is 4.20. The SMILES string of the molecule is CCC1CCC(C(=O)NCC2CCCN2)CC1. The zero-order valence-corrected chi connectivity index (χ0v) is 11.0. The summed E-state index contributed by atoms with van der Waals surface area (Å²) in [5.41, 5.74) is 0. The summed E-state index contributed by atoms with van der Waals surface area (Å²) in [5, 5.41) is 6.54. The van der Waals surface area contributed by atoms with Crippen molar-refractivity contribution in [2.45, 2.75) is 57.9 Å². The van der Waals surface area contributed by atoms with E-state index in [1.54, 1.807) is 0 Å². The van der Waals surface area contributed by atoms with Crippen molar-refractivity contribution >= 4 is 5.91 Å². The number of hydrogen-bond acceptors (Lipinski definition) is 2. The molecule has 2 N–H and O–H groups in total. The zero-order valence-electron chi connectivity index (χ0n) is 11.0. The Hall–Kier alpha value is -0.570. The largest absolute Gasteiger partial charge is 0.354 e. The van der Waals surface area contributed by atoms with Gasteiger partial charge in [-0.1, -0.05) is 13.3 Å².